The van der Waals surface area contributed by atoms with Crippen molar-refractivity contribution in [1.29, 1.82) is 0 Å². The summed E-state index contributed by atoms with van der Waals surface area (Å²) < 4.78 is 2.12. The highest BCUT2D eigenvalue weighted by atomic mass is 16.1. The van der Waals surface area contributed by atoms with Gasteiger partial charge < -0.3 is 9.88 Å². The van der Waals surface area contributed by atoms with Crippen molar-refractivity contribution < 1.29 is 4.79 Å². The van der Waals surface area contributed by atoms with E-state index in [2.05, 4.69) is 20.9 Å². The van der Waals surface area contributed by atoms with E-state index >= 15 is 0 Å². The molecule has 0 saturated heterocycles. The summed E-state index contributed by atoms with van der Waals surface area (Å²) in [5, 5.41) is 2.96. The minimum absolute atomic E-state index is 0.0146. The monoisotopic (exact) mass is 293 g/mol. The lowest BCUT2D eigenvalue weighted by Gasteiger charge is -2.07. The van der Waals surface area contributed by atoms with Gasteiger partial charge in [-0.3, -0.25) is 4.79 Å². The molecule has 0 spiro atoms. The van der Waals surface area contributed by atoms with Crippen LogP contribution in [0.3, 0.4) is 0 Å². The van der Waals surface area contributed by atoms with E-state index in [1.54, 1.807) is 0 Å². The topological polar surface area (TPSA) is 46.9 Å². The van der Waals surface area contributed by atoms with E-state index in [1.165, 1.54) is 0 Å². The van der Waals surface area contributed by atoms with Crippen LogP contribution in [0.15, 0.2) is 54.9 Å². The van der Waals surface area contributed by atoms with Crippen molar-refractivity contribution in [1.82, 2.24) is 14.9 Å². The Morgan fingerprint density at radius 1 is 1.18 bits per heavy atom. The zero-order valence-corrected chi connectivity index (χ0v) is 12.6. The molecule has 0 bridgehead atoms. The zero-order chi connectivity index (χ0) is 15.4. The summed E-state index contributed by atoms with van der Waals surface area (Å²) >= 11 is 0. The van der Waals surface area contributed by atoms with Crippen LogP contribution in [0.2, 0.25) is 0 Å². The third-order valence-electron chi connectivity index (χ3n) is 3.67. The number of hydrogen-bond acceptors (Lipinski definition) is 2. The Balaban J connectivity index is 1.52. The molecule has 0 fully saturated rings. The lowest BCUT2D eigenvalue weighted by molar-refractivity contribution is 0.0952. The maximum atomic E-state index is 12.0. The molecule has 3 rings (SSSR count). The molecule has 0 saturated carbocycles. The quantitative estimate of drug-likeness (QED) is 0.734. The first kappa shape index (κ1) is 14.3. The summed E-state index contributed by atoms with van der Waals surface area (Å²) in [6.07, 6.45) is 2.73. The summed E-state index contributed by atoms with van der Waals surface area (Å²) in [7, 11) is 0. The van der Waals surface area contributed by atoms with Crippen LogP contribution in [0.4, 0.5) is 0 Å². The predicted octanol–water partition coefficient (Wildman–Crippen LogP) is 3.16. The van der Waals surface area contributed by atoms with Gasteiger partial charge in [0.2, 0.25) is 0 Å². The first-order chi connectivity index (χ1) is 10.7. The average Bonchev–Trinajstić information content (AvgIpc) is 2.95. The third-order valence-corrected chi connectivity index (χ3v) is 3.67. The third kappa shape index (κ3) is 3.17. The minimum atomic E-state index is -0.0146. The first-order valence-electron chi connectivity index (χ1n) is 7.49. The van der Waals surface area contributed by atoms with Crippen LogP contribution in [0, 0.1) is 6.92 Å². The van der Waals surface area contributed by atoms with Crippen LogP contribution in [-0.2, 0) is 6.54 Å². The number of amides is 1. The van der Waals surface area contributed by atoms with Crippen LogP contribution in [0.1, 0.15) is 22.3 Å². The van der Waals surface area contributed by atoms with E-state index in [1.807, 2.05) is 55.7 Å². The molecule has 1 N–H and O–H groups in total. The normalized spacial score (nSPS) is 10.8. The number of rotatable bonds is 5. The summed E-state index contributed by atoms with van der Waals surface area (Å²) in [6, 6.07) is 15.7. The Kier molecular flexibility index (Phi) is 4.19. The maximum Gasteiger partial charge on any atom is 0.251 e. The molecule has 22 heavy (non-hydrogen) atoms. The number of benzene rings is 2. The van der Waals surface area contributed by atoms with Crippen LogP contribution in [0.25, 0.3) is 11.0 Å². The predicted molar refractivity (Wildman–Crippen MR) is 87.9 cm³/mol. The molecule has 3 aromatic rings. The fourth-order valence-corrected chi connectivity index (χ4v) is 2.53. The van der Waals surface area contributed by atoms with E-state index < -0.39 is 0 Å². The van der Waals surface area contributed by atoms with E-state index in [0.717, 1.165) is 29.6 Å². The van der Waals surface area contributed by atoms with Crippen molar-refractivity contribution >= 4 is 16.9 Å². The highest BCUT2D eigenvalue weighted by Gasteiger charge is 2.05. The molecule has 1 aromatic heterocycles. The van der Waals surface area contributed by atoms with Gasteiger partial charge in [0.05, 0.1) is 17.4 Å². The molecule has 0 aliphatic heterocycles. The molecule has 2 aromatic carbocycles. The van der Waals surface area contributed by atoms with Gasteiger partial charge in [-0.15, -0.1) is 0 Å². The summed E-state index contributed by atoms with van der Waals surface area (Å²) in [5.74, 6) is -0.0146. The van der Waals surface area contributed by atoms with Crippen LogP contribution in [0.5, 0.6) is 0 Å². The molecule has 0 aliphatic rings. The fraction of sp³-hybridized carbons (Fsp3) is 0.222. The second kappa shape index (κ2) is 6.43. The molecule has 4 nitrogen and oxygen atoms in total. The number of aromatic nitrogens is 2. The minimum Gasteiger partial charge on any atom is -0.352 e. The molecule has 0 atom stereocenters. The number of hydrogen-bond donors (Lipinski definition) is 1. The Bertz CT molecular complexity index is 792. The summed E-state index contributed by atoms with van der Waals surface area (Å²) in [6.45, 7) is 3.48. The van der Waals surface area contributed by atoms with Crippen molar-refractivity contribution in [3.63, 3.8) is 0 Å². The highest BCUT2D eigenvalue weighted by Crippen LogP contribution is 2.12. The van der Waals surface area contributed by atoms with Crippen molar-refractivity contribution in [2.75, 3.05) is 6.54 Å². The smallest absolute Gasteiger partial charge is 0.251 e. The van der Waals surface area contributed by atoms with E-state index in [9.17, 15) is 4.79 Å². The average molecular weight is 293 g/mol. The Labute approximate surface area is 129 Å². The summed E-state index contributed by atoms with van der Waals surface area (Å²) in [5.41, 5.74) is 3.95. The van der Waals surface area contributed by atoms with Crippen molar-refractivity contribution in [3.05, 3.63) is 66.0 Å². The number of nitrogens with one attached hydrogen (secondary N) is 1. The molecule has 4 heteroatoms. The van der Waals surface area contributed by atoms with Gasteiger partial charge >= 0.3 is 0 Å². The molecule has 1 heterocycles. The van der Waals surface area contributed by atoms with Crippen molar-refractivity contribution in [2.24, 2.45) is 0 Å². The lowest BCUT2D eigenvalue weighted by atomic mass is 10.1. The Morgan fingerprint density at radius 3 is 2.91 bits per heavy atom. The molecular formula is C18H19N3O. The fourth-order valence-electron chi connectivity index (χ4n) is 2.53. The van der Waals surface area contributed by atoms with Gasteiger partial charge in [-0.25, -0.2) is 4.98 Å². The van der Waals surface area contributed by atoms with E-state index in [4.69, 9.17) is 0 Å². The largest absolute Gasteiger partial charge is 0.352 e. The van der Waals surface area contributed by atoms with E-state index in [-0.39, 0.29) is 5.91 Å². The summed E-state index contributed by atoms with van der Waals surface area (Å²) in [4.78, 5) is 16.4. The number of fused-ring (bicyclic) bond motifs is 1. The molecule has 0 aliphatic carbocycles. The zero-order valence-electron chi connectivity index (χ0n) is 12.6. The number of imidazole rings is 1. The second-order valence-corrected chi connectivity index (χ2v) is 5.41. The number of para-hydroxylation sites is 2. The molecule has 0 radical (unpaired) electrons. The van der Waals surface area contributed by atoms with Crippen LogP contribution in [-0.4, -0.2) is 22.0 Å². The molecule has 0 unspecified atom stereocenters. The molecule has 112 valence electrons. The van der Waals surface area contributed by atoms with Gasteiger partial charge in [0, 0.05) is 18.7 Å². The van der Waals surface area contributed by atoms with Gasteiger partial charge in [0.25, 0.3) is 5.91 Å². The Morgan fingerprint density at radius 2 is 2.05 bits per heavy atom. The standard InChI is InChI=1S/C18H19N3O/c1-14-6-4-7-15(12-14)18(22)19-10-5-11-21-13-20-16-8-2-3-9-17(16)21/h2-4,6-9,12-13H,5,10-11H2,1H3,(H,19,22). The molecular weight excluding hydrogens is 274 g/mol. The lowest BCUT2D eigenvalue weighted by Crippen LogP contribution is -2.25. The van der Waals surface area contributed by atoms with Gasteiger partial charge in [-0.05, 0) is 37.6 Å². The van der Waals surface area contributed by atoms with Crippen molar-refractivity contribution in [3.8, 4) is 0 Å². The van der Waals surface area contributed by atoms with Gasteiger partial charge in [0.1, 0.15) is 0 Å². The van der Waals surface area contributed by atoms with Gasteiger partial charge in [0.15, 0.2) is 0 Å². The van der Waals surface area contributed by atoms with Gasteiger partial charge in [-0.1, -0.05) is 29.8 Å². The number of nitrogens with zero attached hydrogens (tertiary/aromatic N) is 2. The number of carbonyl (C=O) groups excluding carboxylic acids is 1. The Hall–Kier alpha value is -2.62. The van der Waals surface area contributed by atoms with E-state index in [0.29, 0.717) is 12.1 Å². The van der Waals surface area contributed by atoms with Crippen LogP contribution >= 0.6 is 0 Å². The second-order valence-electron chi connectivity index (χ2n) is 5.41. The number of carbonyl (C=O) groups is 1. The van der Waals surface area contributed by atoms with Gasteiger partial charge in [-0.2, -0.15) is 0 Å². The maximum absolute atomic E-state index is 12.0. The first-order valence-corrected chi connectivity index (χ1v) is 7.49. The SMILES string of the molecule is Cc1cccc(C(=O)NCCCn2cnc3ccccc32)c1. The number of aryl methyl sites for hydroxylation is 2. The molecule has 1 amide bonds. The van der Waals surface area contributed by atoms with Crippen molar-refractivity contribution in [2.45, 2.75) is 19.9 Å². The van der Waals surface area contributed by atoms with Crippen LogP contribution < -0.4 is 5.32 Å². The highest BCUT2D eigenvalue weighted by molar-refractivity contribution is 5.94.